The van der Waals surface area contributed by atoms with Crippen LogP contribution in [0.25, 0.3) is 0 Å². The number of rotatable bonds is 4. The maximum atomic E-state index is 12.9. The maximum absolute atomic E-state index is 12.9. The van der Waals surface area contributed by atoms with E-state index in [1.165, 1.54) is 5.69 Å². The molecule has 2 aromatic rings. The maximum Gasteiger partial charge on any atom is 0.254 e. The SMILES string of the molecule is CN(Cc1ccc(N2CCOCC2)cc1)C(=O)c1cc(Cl)c2c(c1)OCCO2. The summed E-state index contributed by atoms with van der Waals surface area (Å²) in [6, 6.07) is 11.6. The second kappa shape index (κ2) is 8.29. The monoisotopic (exact) mass is 402 g/mol. The van der Waals surface area contributed by atoms with Gasteiger partial charge in [0.2, 0.25) is 0 Å². The van der Waals surface area contributed by atoms with E-state index in [9.17, 15) is 4.79 Å². The summed E-state index contributed by atoms with van der Waals surface area (Å²) in [4.78, 5) is 16.8. The van der Waals surface area contributed by atoms with Gasteiger partial charge < -0.3 is 24.0 Å². The van der Waals surface area contributed by atoms with Crippen LogP contribution in [0.5, 0.6) is 11.5 Å². The summed E-state index contributed by atoms with van der Waals surface area (Å²) in [6.45, 7) is 4.75. The highest BCUT2D eigenvalue weighted by Crippen LogP contribution is 2.38. The number of fused-ring (bicyclic) bond motifs is 1. The van der Waals surface area contributed by atoms with E-state index in [-0.39, 0.29) is 5.91 Å². The van der Waals surface area contributed by atoms with Gasteiger partial charge in [-0.1, -0.05) is 23.7 Å². The van der Waals surface area contributed by atoms with E-state index in [0.717, 1.165) is 31.9 Å². The van der Waals surface area contributed by atoms with Crippen molar-refractivity contribution in [3.05, 3.63) is 52.5 Å². The second-order valence-corrected chi connectivity index (χ2v) is 7.32. The van der Waals surface area contributed by atoms with E-state index in [1.54, 1.807) is 24.1 Å². The van der Waals surface area contributed by atoms with Gasteiger partial charge in [0.1, 0.15) is 13.2 Å². The van der Waals surface area contributed by atoms with Gasteiger partial charge in [-0.05, 0) is 29.8 Å². The third kappa shape index (κ3) is 4.03. The smallest absolute Gasteiger partial charge is 0.254 e. The first kappa shape index (κ1) is 18.9. The van der Waals surface area contributed by atoms with Gasteiger partial charge in [0.25, 0.3) is 5.91 Å². The van der Waals surface area contributed by atoms with E-state index in [2.05, 4.69) is 29.2 Å². The van der Waals surface area contributed by atoms with Crippen LogP contribution in [0.1, 0.15) is 15.9 Å². The number of hydrogen-bond donors (Lipinski definition) is 0. The van der Waals surface area contributed by atoms with Gasteiger partial charge in [-0.25, -0.2) is 0 Å². The lowest BCUT2D eigenvalue weighted by Crippen LogP contribution is -2.36. The number of morpholine rings is 1. The van der Waals surface area contributed by atoms with Crippen molar-refractivity contribution in [1.82, 2.24) is 4.90 Å². The molecule has 0 aromatic heterocycles. The van der Waals surface area contributed by atoms with Crippen molar-refractivity contribution in [3.8, 4) is 11.5 Å². The number of carbonyl (C=O) groups excluding carboxylic acids is 1. The molecule has 1 fully saturated rings. The Morgan fingerprint density at radius 3 is 2.54 bits per heavy atom. The number of carbonyl (C=O) groups is 1. The molecule has 2 heterocycles. The average molecular weight is 403 g/mol. The van der Waals surface area contributed by atoms with E-state index >= 15 is 0 Å². The Balaban J connectivity index is 1.44. The lowest BCUT2D eigenvalue weighted by molar-refractivity contribution is 0.0784. The average Bonchev–Trinajstić information content (AvgIpc) is 2.74. The molecule has 1 saturated heterocycles. The largest absolute Gasteiger partial charge is 0.486 e. The molecule has 0 N–H and O–H groups in total. The standard InChI is InChI=1S/C21H23ClN2O4/c1-23(14-15-2-4-17(5-3-15)24-6-8-26-9-7-24)21(25)16-12-18(22)20-19(13-16)27-10-11-28-20/h2-5,12-13H,6-11,14H2,1H3. The number of benzene rings is 2. The number of halogens is 1. The molecule has 2 aliphatic rings. The Morgan fingerprint density at radius 2 is 1.79 bits per heavy atom. The first-order valence-electron chi connectivity index (χ1n) is 9.38. The zero-order chi connectivity index (χ0) is 19.5. The Morgan fingerprint density at radius 1 is 1.07 bits per heavy atom. The fourth-order valence-corrected chi connectivity index (χ4v) is 3.70. The van der Waals surface area contributed by atoms with E-state index < -0.39 is 0 Å². The van der Waals surface area contributed by atoms with E-state index in [0.29, 0.717) is 41.8 Å². The molecule has 2 aromatic carbocycles. The molecule has 7 heteroatoms. The molecule has 6 nitrogen and oxygen atoms in total. The molecule has 0 unspecified atom stereocenters. The fourth-order valence-electron chi connectivity index (χ4n) is 3.43. The Hall–Kier alpha value is -2.44. The molecular weight excluding hydrogens is 380 g/mol. The highest BCUT2D eigenvalue weighted by atomic mass is 35.5. The molecule has 148 valence electrons. The molecule has 2 aliphatic heterocycles. The molecule has 0 radical (unpaired) electrons. The van der Waals surface area contributed by atoms with Crippen molar-refractivity contribution >= 4 is 23.2 Å². The van der Waals surface area contributed by atoms with Crippen LogP contribution in [0.15, 0.2) is 36.4 Å². The molecular formula is C21H23ClN2O4. The second-order valence-electron chi connectivity index (χ2n) is 6.91. The quantitative estimate of drug-likeness (QED) is 0.786. The van der Waals surface area contributed by atoms with Gasteiger partial charge in [0.15, 0.2) is 11.5 Å². The summed E-state index contributed by atoms with van der Waals surface area (Å²) in [7, 11) is 1.78. The number of nitrogens with zero attached hydrogens (tertiary/aromatic N) is 2. The molecule has 0 saturated carbocycles. The predicted octanol–water partition coefficient (Wildman–Crippen LogP) is 3.22. The Bertz CT molecular complexity index is 850. The van der Waals surface area contributed by atoms with Crippen LogP contribution in [0.3, 0.4) is 0 Å². The van der Waals surface area contributed by atoms with Crippen LogP contribution >= 0.6 is 11.6 Å². The lowest BCUT2D eigenvalue weighted by atomic mass is 10.1. The highest BCUT2D eigenvalue weighted by molar-refractivity contribution is 6.32. The third-order valence-corrected chi connectivity index (χ3v) is 5.20. The summed E-state index contributed by atoms with van der Waals surface area (Å²) in [5.41, 5.74) is 2.73. The zero-order valence-corrected chi connectivity index (χ0v) is 16.6. The van der Waals surface area contributed by atoms with Crippen LogP contribution in [0.4, 0.5) is 5.69 Å². The number of anilines is 1. The number of hydrogen-bond acceptors (Lipinski definition) is 5. The third-order valence-electron chi connectivity index (χ3n) is 4.92. The van der Waals surface area contributed by atoms with Crippen LogP contribution in [0.2, 0.25) is 5.02 Å². The minimum Gasteiger partial charge on any atom is -0.486 e. The summed E-state index contributed by atoms with van der Waals surface area (Å²) in [5, 5.41) is 0.392. The van der Waals surface area contributed by atoms with Crippen LogP contribution in [-0.2, 0) is 11.3 Å². The normalized spacial score (nSPS) is 16.0. The van der Waals surface area contributed by atoms with Crippen molar-refractivity contribution in [2.24, 2.45) is 0 Å². The predicted molar refractivity (Wildman–Crippen MR) is 108 cm³/mol. The van der Waals surface area contributed by atoms with Crippen molar-refractivity contribution in [3.63, 3.8) is 0 Å². The van der Waals surface area contributed by atoms with Gasteiger partial charge in [-0.3, -0.25) is 4.79 Å². The van der Waals surface area contributed by atoms with Crippen LogP contribution in [0, 0.1) is 0 Å². The fraction of sp³-hybridized carbons (Fsp3) is 0.381. The first-order valence-corrected chi connectivity index (χ1v) is 9.76. The lowest BCUT2D eigenvalue weighted by Gasteiger charge is -2.29. The Kier molecular flexibility index (Phi) is 5.59. The summed E-state index contributed by atoms with van der Waals surface area (Å²) < 4.78 is 16.5. The number of amides is 1. The molecule has 0 bridgehead atoms. The summed E-state index contributed by atoms with van der Waals surface area (Å²) in [6.07, 6.45) is 0. The van der Waals surface area contributed by atoms with Gasteiger partial charge in [0, 0.05) is 37.9 Å². The van der Waals surface area contributed by atoms with E-state index in [4.69, 9.17) is 25.8 Å². The van der Waals surface area contributed by atoms with Crippen molar-refractivity contribution in [2.75, 3.05) is 51.5 Å². The van der Waals surface area contributed by atoms with Gasteiger partial charge in [-0.2, -0.15) is 0 Å². The van der Waals surface area contributed by atoms with Gasteiger partial charge in [-0.15, -0.1) is 0 Å². The van der Waals surface area contributed by atoms with Crippen LogP contribution in [-0.4, -0.2) is 57.4 Å². The molecule has 0 aliphatic carbocycles. The van der Waals surface area contributed by atoms with Crippen LogP contribution < -0.4 is 14.4 Å². The summed E-state index contributed by atoms with van der Waals surface area (Å²) >= 11 is 6.26. The minimum absolute atomic E-state index is 0.115. The molecule has 4 rings (SSSR count). The highest BCUT2D eigenvalue weighted by Gasteiger charge is 2.21. The van der Waals surface area contributed by atoms with Gasteiger partial charge in [0.05, 0.1) is 18.2 Å². The molecule has 0 spiro atoms. The zero-order valence-electron chi connectivity index (χ0n) is 15.8. The minimum atomic E-state index is -0.115. The van der Waals surface area contributed by atoms with Crippen molar-refractivity contribution in [1.29, 1.82) is 0 Å². The first-order chi connectivity index (χ1) is 13.6. The summed E-state index contributed by atoms with van der Waals surface area (Å²) in [5.74, 6) is 0.910. The molecule has 0 atom stereocenters. The molecule has 1 amide bonds. The van der Waals surface area contributed by atoms with Crippen molar-refractivity contribution < 1.29 is 19.0 Å². The van der Waals surface area contributed by atoms with E-state index in [1.807, 2.05) is 0 Å². The van der Waals surface area contributed by atoms with Gasteiger partial charge >= 0.3 is 0 Å². The Labute approximate surface area is 169 Å². The van der Waals surface area contributed by atoms with Crippen molar-refractivity contribution in [2.45, 2.75) is 6.54 Å². The molecule has 28 heavy (non-hydrogen) atoms. The number of ether oxygens (including phenoxy) is 3. The topological polar surface area (TPSA) is 51.2 Å².